The summed E-state index contributed by atoms with van der Waals surface area (Å²) in [6, 6.07) is 7.46. The highest BCUT2D eigenvalue weighted by atomic mass is 35.5. The third-order valence-corrected chi connectivity index (χ3v) is 4.29. The molecule has 0 aliphatic heterocycles. The predicted molar refractivity (Wildman–Crippen MR) is 77.7 cm³/mol. The number of nitrogens with one attached hydrogen (secondary N) is 2. The lowest BCUT2D eigenvalue weighted by Crippen LogP contribution is -2.34. The van der Waals surface area contributed by atoms with Gasteiger partial charge in [-0.1, -0.05) is 17.7 Å². The van der Waals surface area contributed by atoms with Crippen LogP contribution in [-0.2, 0) is 10.0 Å². The molecule has 0 saturated carbocycles. The molecule has 112 valence electrons. The van der Waals surface area contributed by atoms with Crippen molar-refractivity contribution < 1.29 is 17.6 Å². The number of hydrogen-bond acceptors (Lipinski definition) is 4. The molecule has 1 aromatic carbocycles. The number of furan rings is 1. The van der Waals surface area contributed by atoms with Gasteiger partial charge in [0.2, 0.25) is 10.0 Å². The van der Waals surface area contributed by atoms with Crippen LogP contribution < -0.4 is 10.0 Å². The Morgan fingerprint density at radius 2 is 2.05 bits per heavy atom. The molecule has 0 radical (unpaired) electrons. The zero-order chi connectivity index (χ0) is 15.3. The molecule has 0 spiro atoms. The van der Waals surface area contributed by atoms with Gasteiger partial charge in [0.05, 0.1) is 16.7 Å². The van der Waals surface area contributed by atoms with Gasteiger partial charge in [0, 0.05) is 18.1 Å². The van der Waals surface area contributed by atoms with Crippen LogP contribution in [0.25, 0.3) is 0 Å². The van der Waals surface area contributed by atoms with Gasteiger partial charge in [-0.15, -0.1) is 0 Å². The molecule has 2 aromatic rings. The first-order valence-electron chi connectivity index (χ1n) is 6.05. The van der Waals surface area contributed by atoms with E-state index in [4.69, 9.17) is 16.0 Å². The summed E-state index contributed by atoms with van der Waals surface area (Å²) in [6.07, 6.45) is 2.70. The molecule has 0 unspecified atom stereocenters. The molecule has 0 fully saturated rings. The third-order valence-electron chi connectivity index (χ3n) is 2.59. The normalized spacial score (nSPS) is 11.3. The van der Waals surface area contributed by atoms with Crippen LogP contribution >= 0.6 is 11.6 Å². The quantitative estimate of drug-likeness (QED) is 0.789. The van der Waals surface area contributed by atoms with E-state index in [0.717, 1.165) is 0 Å². The average molecular weight is 329 g/mol. The Hall–Kier alpha value is -1.83. The van der Waals surface area contributed by atoms with E-state index < -0.39 is 10.0 Å². The second-order valence-electron chi connectivity index (χ2n) is 4.12. The highest BCUT2D eigenvalue weighted by Gasteiger charge is 2.13. The highest BCUT2D eigenvalue weighted by molar-refractivity contribution is 7.89. The Bertz CT molecular complexity index is 714. The second kappa shape index (κ2) is 6.75. The smallest absolute Gasteiger partial charge is 0.254 e. The van der Waals surface area contributed by atoms with Gasteiger partial charge in [-0.3, -0.25) is 4.79 Å². The Morgan fingerprint density at radius 3 is 2.71 bits per heavy atom. The van der Waals surface area contributed by atoms with Crippen molar-refractivity contribution in [3.8, 4) is 0 Å². The number of carbonyl (C=O) groups is 1. The minimum absolute atomic E-state index is 0.0679. The van der Waals surface area contributed by atoms with Crippen LogP contribution in [0.15, 0.2) is 52.2 Å². The van der Waals surface area contributed by atoms with E-state index in [1.165, 1.54) is 30.7 Å². The molecule has 8 heteroatoms. The Morgan fingerprint density at radius 1 is 1.24 bits per heavy atom. The number of amides is 1. The fourth-order valence-corrected chi connectivity index (χ4v) is 2.91. The molecule has 2 N–H and O–H groups in total. The van der Waals surface area contributed by atoms with Crippen LogP contribution in [0.4, 0.5) is 0 Å². The van der Waals surface area contributed by atoms with Crippen molar-refractivity contribution in [2.45, 2.75) is 4.90 Å². The highest BCUT2D eigenvalue weighted by Crippen LogP contribution is 2.14. The van der Waals surface area contributed by atoms with Crippen molar-refractivity contribution in [3.05, 3.63) is 53.4 Å². The lowest BCUT2D eigenvalue weighted by atomic mass is 10.3. The zero-order valence-corrected chi connectivity index (χ0v) is 12.4. The first kappa shape index (κ1) is 15.6. The summed E-state index contributed by atoms with van der Waals surface area (Å²) < 4.78 is 31.1. The Kier molecular flexibility index (Phi) is 5.00. The summed E-state index contributed by atoms with van der Waals surface area (Å²) in [4.78, 5) is 11.7. The minimum atomic E-state index is -3.64. The summed E-state index contributed by atoms with van der Waals surface area (Å²) in [5.74, 6) is -0.328. The van der Waals surface area contributed by atoms with Gasteiger partial charge >= 0.3 is 0 Å². The van der Waals surface area contributed by atoms with Crippen LogP contribution in [0, 0.1) is 0 Å². The lowest BCUT2D eigenvalue weighted by molar-refractivity contribution is 0.0953. The molecule has 21 heavy (non-hydrogen) atoms. The maximum Gasteiger partial charge on any atom is 0.254 e. The van der Waals surface area contributed by atoms with E-state index in [2.05, 4.69) is 10.0 Å². The first-order valence-corrected chi connectivity index (χ1v) is 7.91. The maximum absolute atomic E-state index is 12.0. The number of benzene rings is 1. The number of sulfonamides is 1. The SMILES string of the molecule is O=C(NCCNS(=O)(=O)c1cccc(Cl)c1)c1ccoc1. The largest absolute Gasteiger partial charge is 0.472 e. The molecule has 0 atom stereocenters. The summed E-state index contributed by atoms with van der Waals surface area (Å²) in [7, 11) is -3.64. The zero-order valence-electron chi connectivity index (χ0n) is 10.9. The van der Waals surface area contributed by atoms with Crippen molar-refractivity contribution in [2.75, 3.05) is 13.1 Å². The maximum atomic E-state index is 12.0. The number of hydrogen-bond donors (Lipinski definition) is 2. The van der Waals surface area contributed by atoms with Gasteiger partial charge in [0.1, 0.15) is 6.26 Å². The lowest BCUT2D eigenvalue weighted by Gasteiger charge is -2.07. The van der Waals surface area contributed by atoms with Crippen molar-refractivity contribution >= 4 is 27.5 Å². The van der Waals surface area contributed by atoms with Gasteiger partial charge in [-0.25, -0.2) is 13.1 Å². The predicted octanol–water partition coefficient (Wildman–Crippen LogP) is 1.64. The molecule has 2 rings (SSSR count). The molecule has 1 heterocycles. The summed E-state index contributed by atoms with van der Waals surface area (Å²) >= 11 is 5.75. The average Bonchev–Trinajstić information content (AvgIpc) is 2.97. The third kappa shape index (κ3) is 4.32. The van der Waals surface area contributed by atoms with Crippen molar-refractivity contribution in [1.29, 1.82) is 0 Å². The summed E-state index contributed by atoms with van der Waals surface area (Å²) in [5.41, 5.74) is 0.382. The van der Waals surface area contributed by atoms with E-state index in [0.29, 0.717) is 10.6 Å². The van der Waals surface area contributed by atoms with Crippen LogP contribution in [0.5, 0.6) is 0 Å². The first-order chi connectivity index (χ1) is 9.99. The topological polar surface area (TPSA) is 88.4 Å². The second-order valence-corrected chi connectivity index (χ2v) is 6.33. The minimum Gasteiger partial charge on any atom is -0.472 e. The number of carbonyl (C=O) groups excluding carboxylic acids is 1. The van der Waals surface area contributed by atoms with E-state index >= 15 is 0 Å². The van der Waals surface area contributed by atoms with E-state index in [-0.39, 0.29) is 23.9 Å². The molecule has 0 aliphatic carbocycles. The van der Waals surface area contributed by atoms with Crippen molar-refractivity contribution in [3.63, 3.8) is 0 Å². The Balaban J connectivity index is 1.84. The monoisotopic (exact) mass is 328 g/mol. The summed E-state index contributed by atoms with van der Waals surface area (Å²) in [5, 5.41) is 2.91. The van der Waals surface area contributed by atoms with E-state index in [1.807, 2.05) is 0 Å². The fraction of sp³-hybridized carbons (Fsp3) is 0.154. The van der Waals surface area contributed by atoms with Gasteiger partial charge in [0.25, 0.3) is 5.91 Å². The van der Waals surface area contributed by atoms with Gasteiger partial charge in [0.15, 0.2) is 0 Å². The molecular weight excluding hydrogens is 316 g/mol. The molecule has 1 aromatic heterocycles. The van der Waals surface area contributed by atoms with E-state index in [9.17, 15) is 13.2 Å². The van der Waals surface area contributed by atoms with Crippen LogP contribution in [-0.4, -0.2) is 27.4 Å². The molecule has 6 nitrogen and oxygen atoms in total. The van der Waals surface area contributed by atoms with Gasteiger partial charge in [-0.05, 0) is 24.3 Å². The van der Waals surface area contributed by atoms with Crippen LogP contribution in [0.2, 0.25) is 5.02 Å². The van der Waals surface area contributed by atoms with Gasteiger partial charge < -0.3 is 9.73 Å². The van der Waals surface area contributed by atoms with Crippen LogP contribution in [0.3, 0.4) is 0 Å². The fourth-order valence-electron chi connectivity index (χ4n) is 1.57. The Labute approximate surface area is 127 Å². The summed E-state index contributed by atoms with van der Waals surface area (Å²) in [6.45, 7) is 0.224. The van der Waals surface area contributed by atoms with Crippen molar-refractivity contribution in [1.82, 2.24) is 10.0 Å². The number of halogens is 1. The molecule has 1 amide bonds. The standard InChI is InChI=1S/C13H13ClN2O4S/c14-11-2-1-3-12(8-11)21(18,19)16-6-5-15-13(17)10-4-7-20-9-10/h1-4,7-9,16H,5-6H2,(H,15,17). The van der Waals surface area contributed by atoms with Crippen molar-refractivity contribution in [2.24, 2.45) is 0 Å². The molecule has 0 saturated heterocycles. The van der Waals surface area contributed by atoms with Crippen LogP contribution in [0.1, 0.15) is 10.4 Å². The molecule has 0 bridgehead atoms. The van der Waals surface area contributed by atoms with Gasteiger partial charge in [-0.2, -0.15) is 0 Å². The van der Waals surface area contributed by atoms with E-state index in [1.54, 1.807) is 12.1 Å². The number of rotatable bonds is 6. The molecule has 0 aliphatic rings. The molecular formula is C13H13ClN2O4S.